The molecule has 0 nitrogen and oxygen atoms in total. The maximum Gasteiger partial charge on any atom is -0.00295 e. The van der Waals surface area contributed by atoms with Gasteiger partial charge < -0.3 is 0 Å². The summed E-state index contributed by atoms with van der Waals surface area (Å²) in [6.45, 7) is 0. The Kier molecular flexibility index (Phi) is 7.40. The highest BCUT2D eigenvalue weighted by Crippen LogP contribution is 2.46. The third kappa shape index (κ3) is 5.15. The van der Waals surface area contributed by atoms with Crippen LogP contribution in [0.2, 0.25) is 0 Å². The van der Waals surface area contributed by atoms with Gasteiger partial charge in [-0.05, 0) is 130 Å². The topological polar surface area (TPSA) is 0 Å². The van der Waals surface area contributed by atoms with E-state index in [1.807, 2.05) is 0 Å². The van der Waals surface area contributed by atoms with Crippen LogP contribution in [0.5, 0.6) is 0 Å². The molecule has 0 aliphatic heterocycles. The van der Waals surface area contributed by atoms with Crippen molar-refractivity contribution >= 4 is 38.4 Å². The van der Waals surface area contributed by atoms with Gasteiger partial charge in [-0.2, -0.15) is 0 Å². The van der Waals surface area contributed by atoms with E-state index in [-0.39, 0.29) is 0 Å². The molecule has 0 saturated heterocycles. The molecule has 0 heteroatoms. The van der Waals surface area contributed by atoms with Crippen LogP contribution in [0.3, 0.4) is 0 Å². The number of hydrogen-bond donors (Lipinski definition) is 0. The zero-order valence-corrected chi connectivity index (χ0v) is 28.9. The summed E-state index contributed by atoms with van der Waals surface area (Å²) in [5.74, 6) is 0. The average molecular weight is 661 g/mol. The molecular formula is C52H36. The third-order valence-electron chi connectivity index (χ3n) is 10.9. The minimum Gasteiger partial charge on any atom is -0.0836 e. The molecule has 52 heavy (non-hydrogen) atoms. The van der Waals surface area contributed by atoms with Crippen LogP contribution in [0, 0.1) is 0 Å². The molecule has 9 aromatic carbocycles. The number of benzene rings is 9. The molecule has 0 saturated carbocycles. The molecule has 0 atom stereocenters. The van der Waals surface area contributed by atoms with Crippen LogP contribution < -0.4 is 0 Å². The van der Waals surface area contributed by atoms with E-state index in [1.165, 1.54) is 99.1 Å². The van der Waals surface area contributed by atoms with Crippen molar-refractivity contribution in [1.82, 2.24) is 0 Å². The Morgan fingerprint density at radius 1 is 0.327 bits per heavy atom. The maximum atomic E-state index is 2.41. The quantitative estimate of drug-likeness (QED) is 0.172. The number of fused-ring (bicyclic) bond motifs is 4. The molecule has 0 N–H and O–H groups in total. The molecular weight excluding hydrogens is 625 g/mol. The summed E-state index contributed by atoms with van der Waals surface area (Å²) in [7, 11) is 0. The number of rotatable bonds is 5. The maximum absolute atomic E-state index is 2.41. The highest BCUT2D eigenvalue weighted by Gasteiger charge is 2.22. The van der Waals surface area contributed by atoms with Gasteiger partial charge in [0.15, 0.2) is 0 Å². The Morgan fingerprint density at radius 2 is 0.750 bits per heavy atom. The first-order valence-corrected chi connectivity index (χ1v) is 18.3. The first-order valence-electron chi connectivity index (χ1n) is 18.3. The first kappa shape index (κ1) is 30.3. The smallest absolute Gasteiger partial charge is 0.00295 e. The Balaban J connectivity index is 1.13. The minimum absolute atomic E-state index is 1.02. The minimum atomic E-state index is 1.02. The first-order chi connectivity index (χ1) is 25.8. The average Bonchev–Trinajstić information content (AvgIpc) is 3.22. The van der Waals surface area contributed by atoms with Crippen molar-refractivity contribution in [2.45, 2.75) is 12.8 Å². The Morgan fingerprint density at radius 3 is 1.37 bits per heavy atom. The number of allylic oxidation sites excluding steroid dienone is 1. The predicted molar refractivity (Wildman–Crippen MR) is 223 cm³/mol. The Hall–Kier alpha value is -6.50. The molecule has 1 aliphatic rings. The molecule has 0 fully saturated rings. The second-order valence-corrected chi connectivity index (χ2v) is 13.9. The molecule has 0 radical (unpaired) electrons. The van der Waals surface area contributed by atoms with E-state index >= 15 is 0 Å². The van der Waals surface area contributed by atoms with Crippen LogP contribution in [0.25, 0.3) is 94.0 Å². The van der Waals surface area contributed by atoms with Gasteiger partial charge in [0.25, 0.3) is 0 Å². The van der Waals surface area contributed by atoms with Gasteiger partial charge in [0.2, 0.25) is 0 Å². The lowest BCUT2D eigenvalue weighted by atomic mass is 9.79. The molecule has 0 heterocycles. The molecule has 0 aromatic heterocycles. The summed E-state index contributed by atoms with van der Waals surface area (Å²) in [5.41, 5.74) is 15.5. The zero-order valence-electron chi connectivity index (χ0n) is 28.9. The summed E-state index contributed by atoms with van der Waals surface area (Å²) >= 11 is 0. The largest absolute Gasteiger partial charge is 0.0836 e. The van der Waals surface area contributed by atoms with Crippen molar-refractivity contribution in [2.75, 3.05) is 0 Å². The van der Waals surface area contributed by atoms with Crippen molar-refractivity contribution in [3.63, 3.8) is 0 Å². The molecule has 9 aromatic rings. The number of hydrogen-bond acceptors (Lipinski definition) is 0. The Bertz CT molecular complexity index is 2840. The fourth-order valence-corrected chi connectivity index (χ4v) is 8.54. The van der Waals surface area contributed by atoms with Crippen molar-refractivity contribution < 1.29 is 0 Å². The highest BCUT2D eigenvalue weighted by molar-refractivity contribution is 6.11. The van der Waals surface area contributed by atoms with E-state index in [0.29, 0.717) is 0 Å². The van der Waals surface area contributed by atoms with Crippen molar-refractivity contribution in [3.05, 3.63) is 199 Å². The summed E-state index contributed by atoms with van der Waals surface area (Å²) in [6.07, 6.45) is 6.80. The highest BCUT2D eigenvalue weighted by atomic mass is 14.3. The van der Waals surface area contributed by atoms with Gasteiger partial charge in [0, 0.05) is 0 Å². The molecule has 1 aliphatic carbocycles. The molecule has 10 rings (SSSR count). The van der Waals surface area contributed by atoms with Crippen molar-refractivity contribution in [1.29, 1.82) is 0 Å². The molecule has 0 spiro atoms. The lowest BCUT2D eigenvalue weighted by Crippen LogP contribution is -2.02. The van der Waals surface area contributed by atoms with E-state index in [9.17, 15) is 0 Å². The van der Waals surface area contributed by atoms with Crippen LogP contribution in [-0.4, -0.2) is 0 Å². The van der Waals surface area contributed by atoms with Crippen LogP contribution >= 0.6 is 0 Å². The molecule has 0 unspecified atom stereocenters. The van der Waals surface area contributed by atoms with Crippen LogP contribution in [0.4, 0.5) is 0 Å². The van der Waals surface area contributed by atoms with E-state index in [2.05, 4.69) is 194 Å². The monoisotopic (exact) mass is 660 g/mol. The molecule has 244 valence electrons. The van der Waals surface area contributed by atoms with E-state index in [0.717, 1.165) is 12.8 Å². The molecule has 0 amide bonds. The van der Waals surface area contributed by atoms with Gasteiger partial charge in [0.05, 0.1) is 0 Å². The second kappa shape index (κ2) is 12.7. The standard InChI is InChI=1S/C52H36/c1-3-24-43-35(14-1)16-12-30-45(43)39-20-9-18-37(32-39)38-19-10-22-41(33-38)51-47-26-5-7-28-49(47)52(50-29-8-6-27-48(50)51)42-23-11-21-40(34-42)46-31-13-17-36-15-2-4-25-44(36)46/h1-5,7-26,28-34H,6,27H2. The molecule has 0 bridgehead atoms. The second-order valence-electron chi connectivity index (χ2n) is 13.9. The van der Waals surface area contributed by atoms with Gasteiger partial charge in [-0.3, -0.25) is 0 Å². The lowest BCUT2D eigenvalue weighted by molar-refractivity contribution is 0.991. The van der Waals surface area contributed by atoms with E-state index in [1.54, 1.807) is 0 Å². The summed E-state index contributed by atoms with van der Waals surface area (Å²) in [6, 6.07) is 67.0. The third-order valence-corrected chi connectivity index (χ3v) is 10.9. The van der Waals surface area contributed by atoms with Gasteiger partial charge in [-0.15, -0.1) is 0 Å². The van der Waals surface area contributed by atoms with Crippen molar-refractivity contribution in [3.8, 4) is 55.6 Å². The summed E-state index contributed by atoms with van der Waals surface area (Å²) < 4.78 is 0. The van der Waals surface area contributed by atoms with Crippen LogP contribution in [0.1, 0.15) is 17.5 Å². The lowest BCUT2D eigenvalue weighted by Gasteiger charge is -2.24. The van der Waals surface area contributed by atoms with Gasteiger partial charge in [-0.1, -0.05) is 176 Å². The van der Waals surface area contributed by atoms with Gasteiger partial charge in [0.1, 0.15) is 0 Å². The van der Waals surface area contributed by atoms with Crippen LogP contribution in [0.15, 0.2) is 188 Å². The SMILES string of the molecule is C1=Cc2c(c(-c3cccc(-c4cccc(-c5cccc6ccccc56)c4)c3)c3ccccc3c2-c2cccc(-c3cccc4ccccc34)c2)CC1. The van der Waals surface area contributed by atoms with Gasteiger partial charge >= 0.3 is 0 Å². The van der Waals surface area contributed by atoms with E-state index in [4.69, 9.17) is 0 Å². The normalized spacial score (nSPS) is 12.4. The summed E-state index contributed by atoms with van der Waals surface area (Å²) in [5, 5.41) is 7.70. The van der Waals surface area contributed by atoms with E-state index < -0.39 is 0 Å². The van der Waals surface area contributed by atoms with Crippen molar-refractivity contribution in [2.24, 2.45) is 0 Å². The predicted octanol–water partition coefficient (Wildman–Crippen LogP) is 14.4. The fraction of sp³-hybridized carbons (Fsp3) is 0.0385. The zero-order chi connectivity index (χ0) is 34.4. The Labute approximate surface area is 305 Å². The summed E-state index contributed by atoms with van der Waals surface area (Å²) in [4.78, 5) is 0. The fourth-order valence-electron chi connectivity index (χ4n) is 8.54. The van der Waals surface area contributed by atoms with Gasteiger partial charge in [-0.25, -0.2) is 0 Å². The van der Waals surface area contributed by atoms with Crippen LogP contribution in [-0.2, 0) is 6.42 Å².